The Hall–Kier alpha value is -3.29. The van der Waals surface area contributed by atoms with Gasteiger partial charge in [0.1, 0.15) is 11.5 Å². The Morgan fingerprint density at radius 1 is 1.25 bits per heavy atom. The van der Waals surface area contributed by atoms with E-state index < -0.39 is 11.4 Å². The average Bonchev–Trinajstić information content (AvgIpc) is 3.08. The molecule has 32 heavy (non-hydrogen) atoms. The van der Waals surface area contributed by atoms with Crippen LogP contribution in [0.3, 0.4) is 0 Å². The van der Waals surface area contributed by atoms with Crippen molar-refractivity contribution in [3.8, 4) is 0 Å². The molecule has 0 aliphatic carbocycles. The molecule has 0 radical (unpaired) electrons. The van der Waals surface area contributed by atoms with Gasteiger partial charge in [-0.25, -0.2) is 9.37 Å². The number of halogens is 1. The number of nitrogens with zero attached hydrogens (tertiary/aromatic N) is 4. The van der Waals surface area contributed by atoms with E-state index in [9.17, 15) is 19.1 Å². The number of carbonyl (C=O) groups excluding carboxylic acids is 1. The number of hydrogen-bond donors (Lipinski definition) is 1. The number of carboxylic acids is 1. The van der Waals surface area contributed by atoms with E-state index in [1.54, 1.807) is 32.3 Å². The van der Waals surface area contributed by atoms with Gasteiger partial charge in [0, 0.05) is 42.0 Å². The Kier molecular flexibility index (Phi) is 5.95. The number of fused-ring (bicyclic) bond motifs is 3. The number of carbonyl (C=O) groups is 2. The summed E-state index contributed by atoms with van der Waals surface area (Å²) in [6.45, 7) is 4.70. The Bertz CT molecular complexity index is 1170. The van der Waals surface area contributed by atoms with Crippen LogP contribution in [0.4, 0.5) is 4.39 Å². The molecule has 8 heteroatoms. The van der Waals surface area contributed by atoms with E-state index in [0.717, 1.165) is 22.3 Å². The third-order valence-corrected chi connectivity index (χ3v) is 6.32. The number of carboxylic acid groups (broad SMARTS) is 1. The van der Waals surface area contributed by atoms with Gasteiger partial charge < -0.3 is 14.6 Å². The lowest BCUT2D eigenvalue weighted by Crippen LogP contribution is -2.36. The van der Waals surface area contributed by atoms with Crippen molar-refractivity contribution in [2.24, 2.45) is 5.41 Å². The van der Waals surface area contributed by atoms with Gasteiger partial charge in [-0.2, -0.15) is 0 Å². The van der Waals surface area contributed by atoms with Crippen molar-refractivity contribution in [2.45, 2.75) is 52.6 Å². The van der Waals surface area contributed by atoms with Crippen LogP contribution in [-0.2, 0) is 29.1 Å². The van der Waals surface area contributed by atoms with Gasteiger partial charge in [-0.05, 0) is 56.9 Å². The summed E-state index contributed by atoms with van der Waals surface area (Å²) in [6, 6.07) is 5.57. The highest BCUT2D eigenvalue weighted by Gasteiger charge is 2.29. The van der Waals surface area contributed by atoms with Crippen LogP contribution in [0.1, 0.15) is 49.9 Å². The van der Waals surface area contributed by atoms with Crippen molar-refractivity contribution >= 4 is 22.9 Å². The minimum atomic E-state index is -0.854. The van der Waals surface area contributed by atoms with Crippen LogP contribution in [0, 0.1) is 11.2 Å². The maximum Gasteiger partial charge on any atom is 0.309 e. The van der Waals surface area contributed by atoms with Gasteiger partial charge in [0.15, 0.2) is 0 Å². The van der Waals surface area contributed by atoms with E-state index in [2.05, 4.69) is 9.97 Å². The number of aromatic nitrogens is 3. The van der Waals surface area contributed by atoms with Crippen LogP contribution in [0.15, 0.2) is 36.8 Å². The molecule has 0 saturated heterocycles. The van der Waals surface area contributed by atoms with E-state index in [-0.39, 0.29) is 11.7 Å². The van der Waals surface area contributed by atoms with Crippen molar-refractivity contribution in [3.63, 3.8) is 0 Å². The zero-order chi connectivity index (χ0) is 22.9. The number of amides is 1. The molecule has 1 N–H and O–H groups in total. The SMILES string of the molecule is CC(C)(CCCC(=O)N1CCc2c(n(Cc3ccncc3F)c3ncccc23)C1)C(=O)O. The second-order valence-electron chi connectivity index (χ2n) is 8.96. The van der Waals surface area contributed by atoms with Crippen LogP contribution in [-0.4, -0.2) is 43.0 Å². The summed E-state index contributed by atoms with van der Waals surface area (Å²) in [5.74, 6) is -1.21. The molecule has 3 aromatic heterocycles. The van der Waals surface area contributed by atoms with E-state index in [1.807, 2.05) is 21.6 Å². The molecule has 3 aromatic rings. The number of aliphatic carboxylic acids is 1. The first-order valence-electron chi connectivity index (χ1n) is 10.8. The third-order valence-electron chi connectivity index (χ3n) is 6.32. The number of hydrogen-bond acceptors (Lipinski definition) is 4. The molecule has 0 unspecified atom stereocenters. The topological polar surface area (TPSA) is 88.3 Å². The lowest BCUT2D eigenvalue weighted by atomic mass is 9.87. The minimum absolute atomic E-state index is 0.0108. The maximum absolute atomic E-state index is 14.3. The van der Waals surface area contributed by atoms with Crippen LogP contribution in [0.25, 0.3) is 11.0 Å². The van der Waals surface area contributed by atoms with Gasteiger partial charge in [0.2, 0.25) is 5.91 Å². The maximum atomic E-state index is 14.3. The van der Waals surface area contributed by atoms with Crippen LogP contribution in [0.5, 0.6) is 0 Å². The fraction of sp³-hybridized carbons (Fsp3) is 0.417. The molecule has 1 aliphatic rings. The molecule has 168 valence electrons. The lowest BCUT2D eigenvalue weighted by Gasteiger charge is -2.29. The monoisotopic (exact) mass is 438 g/mol. The predicted molar refractivity (Wildman–Crippen MR) is 117 cm³/mol. The molecule has 0 saturated carbocycles. The Balaban J connectivity index is 1.56. The number of pyridine rings is 2. The Morgan fingerprint density at radius 3 is 2.81 bits per heavy atom. The van der Waals surface area contributed by atoms with Gasteiger partial charge >= 0.3 is 5.97 Å². The van der Waals surface area contributed by atoms with Crippen molar-refractivity contribution in [2.75, 3.05) is 6.54 Å². The first-order chi connectivity index (χ1) is 15.3. The van der Waals surface area contributed by atoms with Crippen molar-refractivity contribution in [3.05, 3.63) is 59.4 Å². The van der Waals surface area contributed by atoms with Crippen molar-refractivity contribution in [1.29, 1.82) is 0 Å². The van der Waals surface area contributed by atoms with Gasteiger partial charge in [0.05, 0.1) is 24.7 Å². The second kappa shape index (κ2) is 8.68. The zero-order valence-electron chi connectivity index (χ0n) is 18.3. The first-order valence-corrected chi connectivity index (χ1v) is 10.8. The standard InChI is InChI=1S/C24H27FN4O3/c1-24(2,23(31)32)9-3-6-21(30)28-12-8-17-18-5-4-10-27-22(18)29(20(17)15-28)14-16-7-11-26-13-19(16)25/h4-5,7,10-11,13H,3,6,8-9,12,14-15H2,1-2H3,(H,31,32). The molecule has 7 nitrogen and oxygen atoms in total. The molecule has 1 aliphatic heterocycles. The average molecular weight is 439 g/mol. The first kappa shape index (κ1) is 21.9. The quantitative estimate of drug-likeness (QED) is 0.606. The molecule has 4 rings (SSSR count). The van der Waals surface area contributed by atoms with Crippen LogP contribution < -0.4 is 0 Å². The summed E-state index contributed by atoms with van der Waals surface area (Å²) in [4.78, 5) is 34.4. The van der Waals surface area contributed by atoms with E-state index >= 15 is 0 Å². The van der Waals surface area contributed by atoms with Gasteiger partial charge in [-0.3, -0.25) is 14.6 Å². The van der Waals surface area contributed by atoms with Crippen molar-refractivity contribution < 1.29 is 19.1 Å². The highest BCUT2D eigenvalue weighted by Crippen LogP contribution is 2.31. The third kappa shape index (κ3) is 4.22. The van der Waals surface area contributed by atoms with E-state index in [0.29, 0.717) is 50.9 Å². The fourth-order valence-corrected chi connectivity index (χ4v) is 4.29. The molecule has 0 atom stereocenters. The molecule has 0 spiro atoms. The van der Waals surface area contributed by atoms with E-state index in [4.69, 9.17) is 0 Å². The summed E-state index contributed by atoms with van der Waals surface area (Å²) in [6.07, 6.45) is 6.47. The summed E-state index contributed by atoms with van der Waals surface area (Å²) in [5, 5.41) is 10.3. The van der Waals surface area contributed by atoms with Crippen LogP contribution >= 0.6 is 0 Å². The molecular weight excluding hydrogens is 411 g/mol. The van der Waals surface area contributed by atoms with Gasteiger partial charge in [-0.1, -0.05) is 0 Å². The summed E-state index contributed by atoms with van der Waals surface area (Å²) in [5.41, 5.74) is 2.58. The number of rotatable bonds is 7. The minimum Gasteiger partial charge on any atom is -0.481 e. The van der Waals surface area contributed by atoms with Crippen LogP contribution in [0.2, 0.25) is 0 Å². The zero-order valence-corrected chi connectivity index (χ0v) is 18.3. The molecule has 1 amide bonds. The second-order valence-corrected chi connectivity index (χ2v) is 8.96. The summed E-state index contributed by atoms with van der Waals surface area (Å²) < 4.78 is 16.3. The molecular formula is C24H27FN4O3. The molecule has 0 fully saturated rings. The van der Waals surface area contributed by atoms with Gasteiger partial charge in [0.25, 0.3) is 0 Å². The highest BCUT2D eigenvalue weighted by atomic mass is 19.1. The highest BCUT2D eigenvalue weighted by molar-refractivity contribution is 5.84. The molecule has 0 aromatic carbocycles. The normalized spacial score (nSPS) is 13.9. The van der Waals surface area contributed by atoms with E-state index in [1.165, 1.54) is 6.20 Å². The summed E-state index contributed by atoms with van der Waals surface area (Å²) >= 11 is 0. The Morgan fingerprint density at radius 2 is 2.06 bits per heavy atom. The van der Waals surface area contributed by atoms with Crippen molar-refractivity contribution in [1.82, 2.24) is 19.4 Å². The molecule has 0 bridgehead atoms. The van der Waals surface area contributed by atoms with Gasteiger partial charge in [-0.15, -0.1) is 0 Å². The lowest BCUT2D eigenvalue weighted by molar-refractivity contribution is -0.147. The fourth-order valence-electron chi connectivity index (χ4n) is 4.29. The molecule has 4 heterocycles. The largest absolute Gasteiger partial charge is 0.481 e. The smallest absolute Gasteiger partial charge is 0.309 e. The predicted octanol–water partition coefficient (Wildman–Crippen LogP) is 3.78. The summed E-state index contributed by atoms with van der Waals surface area (Å²) in [7, 11) is 0. The Labute approximate surface area is 185 Å².